The van der Waals surface area contributed by atoms with E-state index in [9.17, 15) is 14.0 Å². The number of carbonyl (C=O) groups is 2. The zero-order valence-electron chi connectivity index (χ0n) is 18.1. The van der Waals surface area contributed by atoms with Gasteiger partial charge in [-0.05, 0) is 57.9 Å². The van der Waals surface area contributed by atoms with Crippen LogP contribution in [0.5, 0.6) is 0 Å². The lowest BCUT2D eigenvalue weighted by molar-refractivity contribution is -0.136. The summed E-state index contributed by atoms with van der Waals surface area (Å²) in [5.74, 6) is 0.136. The SMILES string of the molecule is CC(NC(=O)C1CCN(C(=O)C2CC2)CC1)c1cc(F)ccc1N1CCN(C)CC1. The number of piperazine rings is 1. The van der Waals surface area contributed by atoms with Crippen LogP contribution in [0.25, 0.3) is 0 Å². The van der Waals surface area contributed by atoms with Crippen molar-refractivity contribution in [2.24, 2.45) is 11.8 Å². The van der Waals surface area contributed by atoms with Crippen molar-refractivity contribution in [3.05, 3.63) is 29.6 Å². The molecule has 6 nitrogen and oxygen atoms in total. The quantitative estimate of drug-likeness (QED) is 0.801. The summed E-state index contributed by atoms with van der Waals surface area (Å²) in [7, 11) is 2.11. The van der Waals surface area contributed by atoms with Gasteiger partial charge in [0.15, 0.2) is 0 Å². The number of hydrogen-bond donors (Lipinski definition) is 1. The predicted molar refractivity (Wildman–Crippen MR) is 115 cm³/mol. The maximum Gasteiger partial charge on any atom is 0.225 e. The molecule has 164 valence electrons. The molecule has 1 aliphatic carbocycles. The van der Waals surface area contributed by atoms with Crippen molar-refractivity contribution in [3.8, 4) is 0 Å². The molecule has 3 aliphatic rings. The molecule has 2 amide bonds. The van der Waals surface area contributed by atoms with E-state index < -0.39 is 0 Å². The van der Waals surface area contributed by atoms with Crippen LogP contribution >= 0.6 is 0 Å². The molecule has 1 aromatic carbocycles. The third-order valence-electron chi connectivity index (χ3n) is 6.76. The first kappa shape index (κ1) is 21.1. The van der Waals surface area contributed by atoms with Crippen LogP contribution in [-0.2, 0) is 9.59 Å². The molecule has 1 unspecified atom stereocenters. The number of piperidine rings is 1. The lowest BCUT2D eigenvalue weighted by atomic mass is 9.94. The summed E-state index contributed by atoms with van der Waals surface area (Å²) in [5, 5.41) is 3.11. The van der Waals surface area contributed by atoms with Crippen molar-refractivity contribution in [3.63, 3.8) is 0 Å². The largest absolute Gasteiger partial charge is 0.369 e. The molecule has 0 aromatic heterocycles. The number of amides is 2. The van der Waals surface area contributed by atoms with Crippen LogP contribution in [0.3, 0.4) is 0 Å². The molecule has 1 aromatic rings. The smallest absolute Gasteiger partial charge is 0.225 e. The summed E-state index contributed by atoms with van der Waals surface area (Å²) in [4.78, 5) is 31.6. The first-order valence-corrected chi connectivity index (χ1v) is 11.2. The van der Waals surface area contributed by atoms with E-state index in [1.165, 1.54) is 6.07 Å². The fourth-order valence-electron chi connectivity index (χ4n) is 4.57. The van der Waals surface area contributed by atoms with Crippen LogP contribution in [0.1, 0.15) is 44.2 Å². The lowest BCUT2D eigenvalue weighted by Gasteiger charge is -2.36. The highest BCUT2D eigenvalue weighted by Gasteiger charge is 2.36. The van der Waals surface area contributed by atoms with Crippen molar-refractivity contribution >= 4 is 17.5 Å². The van der Waals surface area contributed by atoms with Crippen LogP contribution in [-0.4, -0.2) is 67.9 Å². The van der Waals surface area contributed by atoms with Gasteiger partial charge in [-0.2, -0.15) is 0 Å². The second-order valence-electron chi connectivity index (χ2n) is 9.10. The number of carbonyl (C=O) groups excluding carboxylic acids is 2. The third-order valence-corrected chi connectivity index (χ3v) is 6.76. The normalized spacial score (nSPS) is 22.1. The first-order chi connectivity index (χ1) is 14.4. The number of likely N-dealkylation sites (tertiary alicyclic amines) is 1. The lowest BCUT2D eigenvalue weighted by Crippen LogP contribution is -2.45. The molecule has 2 heterocycles. The molecule has 1 saturated carbocycles. The van der Waals surface area contributed by atoms with Gasteiger partial charge in [-0.3, -0.25) is 9.59 Å². The molecule has 0 spiro atoms. The van der Waals surface area contributed by atoms with E-state index in [0.717, 1.165) is 50.3 Å². The Balaban J connectivity index is 1.37. The maximum atomic E-state index is 14.0. The molecule has 1 atom stereocenters. The Morgan fingerprint density at radius 3 is 2.30 bits per heavy atom. The molecule has 7 heteroatoms. The molecule has 1 N–H and O–H groups in total. The zero-order valence-corrected chi connectivity index (χ0v) is 18.1. The van der Waals surface area contributed by atoms with E-state index in [0.29, 0.717) is 25.9 Å². The Bertz CT molecular complexity index is 781. The van der Waals surface area contributed by atoms with E-state index in [1.54, 1.807) is 6.07 Å². The van der Waals surface area contributed by atoms with Crippen molar-refractivity contribution in [2.45, 2.75) is 38.6 Å². The molecular weight excluding hydrogens is 383 g/mol. The van der Waals surface area contributed by atoms with Crippen LogP contribution in [0, 0.1) is 17.7 Å². The number of hydrogen-bond acceptors (Lipinski definition) is 4. The van der Waals surface area contributed by atoms with Gasteiger partial charge in [0.1, 0.15) is 5.82 Å². The highest BCUT2D eigenvalue weighted by atomic mass is 19.1. The van der Waals surface area contributed by atoms with Gasteiger partial charge >= 0.3 is 0 Å². The summed E-state index contributed by atoms with van der Waals surface area (Å²) in [5.41, 5.74) is 1.83. The van der Waals surface area contributed by atoms with Crippen molar-refractivity contribution in [1.29, 1.82) is 0 Å². The van der Waals surface area contributed by atoms with Gasteiger partial charge in [0, 0.05) is 62.4 Å². The number of nitrogens with one attached hydrogen (secondary N) is 1. The van der Waals surface area contributed by atoms with Crippen molar-refractivity contribution < 1.29 is 14.0 Å². The van der Waals surface area contributed by atoms with E-state index >= 15 is 0 Å². The highest BCUT2D eigenvalue weighted by molar-refractivity contribution is 5.82. The molecule has 3 fully saturated rings. The minimum atomic E-state index is -0.282. The predicted octanol–water partition coefficient (Wildman–Crippen LogP) is 2.40. The third kappa shape index (κ3) is 4.77. The van der Waals surface area contributed by atoms with Crippen LogP contribution < -0.4 is 10.2 Å². The maximum absolute atomic E-state index is 14.0. The van der Waals surface area contributed by atoms with E-state index in [4.69, 9.17) is 0 Å². The standard InChI is InChI=1S/C23H33FN4O2/c1-16(20-15-19(24)5-6-21(20)27-13-11-26(2)12-14-27)25-22(29)17-7-9-28(10-8-17)23(30)18-3-4-18/h5-6,15-18H,3-4,7-14H2,1-2H3,(H,25,29). The topological polar surface area (TPSA) is 55.9 Å². The summed E-state index contributed by atoms with van der Waals surface area (Å²) in [6.45, 7) is 6.97. The summed E-state index contributed by atoms with van der Waals surface area (Å²) < 4.78 is 14.0. The Morgan fingerprint density at radius 1 is 1.00 bits per heavy atom. The number of anilines is 1. The van der Waals surface area contributed by atoms with Gasteiger partial charge < -0.3 is 20.0 Å². The average Bonchev–Trinajstić information content (AvgIpc) is 3.59. The Hall–Kier alpha value is -2.15. The number of halogens is 1. The second-order valence-corrected chi connectivity index (χ2v) is 9.10. The first-order valence-electron chi connectivity index (χ1n) is 11.2. The molecule has 2 saturated heterocycles. The average molecular weight is 417 g/mol. The van der Waals surface area contributed by atoms with Crippen LogP contribution in [0.2, 0.25) is 0 Å². The highest BCUT2D eigenvalue weighted by Crippen LogP contribution is 2.33. The number of likely N-dealkylation sites (N-methyl/N-ethyl adjacent to an activating group) is 1. The van der Waals surface area contributed by atoms with E-state index in [2.05, 4.69) is 22.2 Å². The van der Waals surface area contributed by atoms with Crippen LogP contribution in [0.15, 0.2) is 18.2 Å². The van der Waals surface area contributed by atoms with Crippen molar-refractivity contribution in [1.82, 2.24) is 15.1 Å². The Kier molecular flexibility index (Phi) is 6.27. The molecule has 4 rings (SSSR count). The minimum absolute atomic E-state index is 0.00890. The van der Waals surface area contributed by atoms with Gasteiger partial charge in [0.25, 0.3) is 0 Å². The number of rotatable bonds is 5. The Labute approximate surface area is 178 Å². The molecular formula is C23H33FN4O2. The molecule has 30 heavy (non-hydrogen) atoms. The van der Waals surface area contributed by atoms with E-state index in [1.807, 2.05) is 17.9 Å². The van der Waals surface area contributed by atoms with Gasteiger partial charge in [-0.15, -0.1) is 0 Å². The summed E-state index contributed by atoms with van der Waals surface area (Å²) in [6.07, 6.45) is 3.43. The molecule has 0 bridgehead atoms. The monoisotopic (exact) mass is 416 g/mol. The summed E-state index contributed by atoms with van der Waals surface area (Å²) in [6, 6.07) is 4.61. The van der Waals surface area contributed by atoms with E-state index in [-0.39, 0.29) is 35.5 Å². The van der Waals surface area contributed by atoms with Gasteiger partial charge in [-0.25, -0.2) is 4.39 Å². The summed E-state index contributed by atoms with van der Waals surface area (Å²) >= 11 is 0. The fourth-order valence-corrected chi connectivity index (χ4v) is 4.57. The number of nitrogens with zero attached hydrogens (tertiary/aromatic N) is 3. The molecule has 2 aliphatic heterocycles. The number of benzene rings is 1. The Morgan fingerprint density at radius 2 is 1.67 bits per heavy atom. The molecule has 0 radical (unpaired) electrons. The van der Waals surface area contributed by atoms with Crippen molar-refractivity contribution in [2.75, 3.05) is 51.2 Å². The zero-order chi connectivity index (χ0) is 21.3. The van der Waals surface area contributed by atoms with Gasteiger partial charge in [0.05, 0.1) is 6.04 Å². The van der Waals surface area contributed by atoms with Crippen LogP contribution in [0.4, 0.5) is 10.1 Å². The van der Waals surface area contributed by atoms with Gasteiger partial charge in [-0.1, -0.05) is 0 Å². The fraction of sp³-hybridized carbons (Fsp3) is 0.652. The second kappa shape index (κ2) is 8.92. The van der Waals surface area contributed by atoms with Gasteiger partial charge in [0.2, 0.25) is 11.8 Å². The minimum Gasteiger partial charge on any atom is -0.369 e.